The van der Waals surface area contributed by atoms with Gasteiger partial charge in [-0.2, -0.15) is 0 Å². The molecule has 0 aliphatic carbocycles. The third kappa shape index (κ3) is 4.08. The van der Waals surface area contributed by atoms with Crippen molar-refractivity contribution < 1.29 is 13.2 Å². The minimum Gasteiger partial charge on any atom is -0.338 e. The molecule has 1 unspecified atom stereocenters. The molecule has 0 bridgehead atoms. The van der Waals surface area contributed by atoms with E-state index in [0.717, 1.165) is 5.56 Å². The van der Waals surface area contributed by atoms with Crippen LogP contribution in [0.2, 0.25) is 5.02 Å². The maximum atomic E-state index is 12.3. The Morgan fingerprint density at radius 1 is 1.33 bits per heavy atom. The lowest BCUT2D eigenvalue weighted by atomic mass is 10.1. The molecule has 4 nitrogen and oxygen atoms in total. The van der Waals surface area contributed by atoms with Crippen LogP contribution in [0.3, 0.4) is 0 Å². The fourth-order valence-corrected chi connectivity index (χ4v) is 4.30. The first-order valence-electron chi connectivity index (χ1n) is 6.70. The molecule has 1 amide bonds. The first-order chi connectivity index (χ1) is 9.78. The average molecular weight is 328 g/mol. The van der Waals surface area contributed by atoms with Gasteiger partial charge in [0, 0.05) is 23.7 Å². The van der Waals surface area contributed by atoms with Crippen molar-refractivity contribution in [1.82, 2.24) is 4.90 Å². The molecule has 1 aromatic carbocycles. The molecular weight excluding hydrogens is 310 g/mol. The van der Waals surface area contributed by atoms with Crippen molar-refractivity contribution in [3.05, 3.63) is 40.4 Å². The number of hydrogen-bond acceptors (Lipinski definition) is 3. The lowest BCUT2D eigenvalue weighted by Gasteiger charge is -2.23. The van der Waals surface area contributed by atoms with E-state index in [1.807, 2.05) is 12.1 Å². The Morgan fingerprint density at radius 2 is 1.95 bits per heavy atom. The number of hydrogen-bond donors (Lipinski definition) is 0. The van der Waals surface area contributed by atoms with Gasteiger partial charge in [0.2, 0.25) is 5.91 Å². The van der Waals surface area contributed by atoms with Crippen molar-refractivity contribution in [1.29, 1.82) is 0 Å². The van der Waals surface area contributed by atoms with Crippen molar-refractivity contribution in [2.45, 2.75) is 19.4 Å². The second-order valence-corrected chi connectivity index (χ2v) is 8.02. The maximum absolute atomic E-state index is 12.3. The van der Waals surface area contributed by atoms with Gasteiger partial charge in [0.05, 0.1) is 11.5 Å². The molecule has 0 spiro atoms. The fraction of sp³-hybridized carbons (Fsp3) is 0.400. The topological polar surface area (TPSA) is 54.5 Å². The van der Waals surface area contributed by atoms with Crippen LogP contribution in [0.4, 0.5) is 0 Å². The number of carbonyl (C=O) groups is 1. The van der Waals surface area contributed by atoms with Gasteiger partial charge in [-0.05, 0) is 37.1 Å². The molecule has 1 aliphatic rings. The summed E-state index contributed by atoms with van der Waals surface area (Å²) >= 11 is 5.82. The summed E-state index contributed by atoms with van der Waals surface area (Å²) in [6, 6.07) is 6.96. The molecule has 1 aliphatic heterocycles. The molecule has 1 atom stereocenters. The normalized spacial score (nSPS) is 21.3. The van der Waals surface area contributed by atoms with E-state index in [4.69, 9.17) is 11.6 Å². The van der Waals surface area contributed by atoms with E-state index in [1.165, 1.54) is 4.90 Å². The molecule has 1 fully saturated rings. The van der Waals surface area contributed by atoms with Gasteiger partial charge in [0.1, 0.15) is 0 Å². The fourth-order valence-electron chi connectivity index (χ4n) is 2.40. The molecule has 6 heteroatoms. The van der Waals surface area contributed by atoms with Crippen LogP contribution in [-0.4, -0.2) is 43.8 Å². The van der Waals surface area contributed by atoms with Crippen LogP contribution in [0, 0.1) is 0 Å². The first kappa shape index (κ1) is 16.0. The average Bonchev–Trinajstić information content (AvgIpc) is 2.80. The van der Waals surface area contributed by atoms with Crippen molar-refractivity contribution in [2.24, 2.45) is 0 Å². The molecule has 0 radical (unpaired) electrons. The summed E-state index contributed by atoms with van der Waals surface area (Å²) in [5.41, 5.74) is 1.46. The van der Waals surface area contributed by atoms with E-state index in [2.05, 4.69) is 0 Å². The van der Waals surface area contributed by atoms with Crippen LogP contribution in [0.1, 0.15) is 18.9 Å². The lowest BCUT2D eigenvalue weighted by Crippen LogP contribution is -2.38. The Balaban J connectivity index is 2.10. The van der Waals surface area contributed by atoms with Gasteiger partial charge in [-0.25, -0.2) is 8.42 Å². The first-order valence-corrected chi connectivity index (χ1v) is 8.90. The summed E-state index contributed by atoms with van der Waals surface area (Å²) in [7, 11) is -1.33. The monoisotopic (exact) mass is 327 g/mol. The molecule has 0 N–H and O–H groups in total. The van der Waals surface area contributed by atoms with Crippen LogP contribution in [0.15, 0.2) is 29.8 Å². The second-order valence-electron chi connectivity index (χ2n) is 5.35. The molecular formula is C15H18ClNO3S. The van der Waals surface area contributed by atoms with E-state index in [0.29, 0.717) is 17.0 Å². The molecule has 114 valence electrons. The summed E-state index contributed by atoms with van der Waals surface area (Å²) in [6.45, 7) is 1.73. The SMILES string of the molecule is C/C(=C\c1ccc(Cl)cc1)C(=O)N(C)C1CCS(=O)(=O)C1. The van der Waals surface area contributed by atoms with Crippen molar-refractivity contribution >= 4 is 33.4 Å². The molecule has 1 saturated heterocycles. The van der Waals surface area contributed by atoms with Gasteiger partial charge in [0.15, 0.2) is 9.84 Å². The number of benzene rings is 1. The summed E-state index contributed by atoms with van der Waals surface area (Å²) < 4.78 is 23.0. The highest BCUT2D eigenvalue weighted by Crippen LogP contribution is 2.19. The summed E-state index contributed by atoms with van der Waals surface area (Å²) in [4.78, 5) is 13.9. The Morgan fingerprint density at radius 3 is 2.48 bits per heavy atom. The number of carbonyl (C=O) groups excluding carboxylic acids is 1. The predicted octanol–water partition coefficient (Wildman–Crippen LogP) is 2.39. The number of likely N-dealkylation sites (N-methyl/N-ethyl adjacent to an activating group) is 1. The van der Waals surface area contributed by atoms with E-state index < -0.39 is 9.84 Å². The number of amides is 1. The number of halogens is 1. The zero-order valence-corrected chi connectivity index (χ0v) is 13.6. The minimum absolute atomic E-state index is 0.0590. The van der Waals surface area contributed by atoms with Crippen molar-refractivity contribution in [3.8, 4) is 0 Å². The largest absolute Gasteiger partial charge is 0.338 e. The van der Waals surface area contributed by atoms with E-state index >= 15 is 0 Å². The van der Waals surface area contributed by atoms with Crippen molar-refractivity contribution in [2.75, 3.05) is 18.6 Å². The van der Waals surface area contributed by atoms with E-state index in [1.54, 1.807) is 32.2 Å². The molecule has 1 heterocycles. The highest BCUT2D eigenvalue weighted by molar-refractivity contribution is 7.91. The molecule has 0 saturated carbocycles. The summed E-state index contributed by atoms with van der Waals surface area (Å²) in [5.74, 6) is 0.0747. The molecule has 1 aromatic rings. The van der Waals surface area contributed by atoms with Crippen LogP contribution in [-0.2, 0) is 14.6 Å². The van der Waals surface area contributed by atoms with Gasteiger partial charge in [0.25, 0.3) is 0 Å². The van der Waals surface area contributed by atoms with Gasteiger partial charge in [-0.3, -0.25) is 4.79 Å². The second kappa shape index (κ2) is 6.20. The van der Waals surface area contributed by atoms with Gasteiger partial charge in [-0.1, -0.05) is 23.7 Å². The molecule has 2 rings (SSSR count). The smallest absolute Gasteiger partial charge is 0.249 e. The molecule has 0 aromatic heterocycles. The highest BCUT2D eigenvalue weighted by atomic mass is 35.5. The van der Waals surface area contributed by atoms with Gasteiger partial charge in [-0.15, -0.1) is 0 Å². The lowest BCUT2D eigenvalue weighted by molar-refractivity contribution is -0.127. The highest BCUT2D eigenvalue weighted by Gasteiger charge is 2.32. The number of sulfone groups is 1. The van der Waals surface area contributed by atoms with Gasteiger partial charge < -0.3 is 4.90 Å². The third-order valence-electron chi connectivity index (χ3n) is 3.67. The Kier molecular flexibility index (Phi) is 4.74. The quantitative estimate of drug-likeness (QED) is 0.801. The zero-order valence-electron chi connectivity index (χ0n) is 12.0. The van der Waals surface area contributed by atoms with E-state index in [-0.39, 0.29) is 23.5 Å². The van der Waals surface area contributed by atoms with Crippen LogP contribution >= 0.6 is 11.6 Å². The van der Waals surface area contributed by atoms with E-state index in [9.17, 15) is 13.2 Å². The summed E-state index contributed by atoms with van der Waals surface area (Å²) in [6.07, 6.45) is 2.29. The minimum atomic E-state index is -2.99. The Hall–Kier alpha value is -1.33. The molecule has 21 heavy (non-hydrogen) atoms. The number of nitrogens with zero attached hydrogens (tertiary/aromatic N) is 1. The third-order valence-corrected chi connectivity index (χ3v) is 5.67. The van der Waals surface area contributed by atoms with Crippen LogP contribution < -0.4 is 0 Å². The van der Waals surface area contributed by atoms with Crippen molar-refractivity contribution in [3.63, 3.8) is 0 Å². The summed E-state index contributed by atoms with van der Waals surface area (Å²) in [5, 5.41) is 0.643. The predicted molar refractivity (Wildman–Crippen MR) is 84.9 cm³/mol. The zero-order chi connectivity index (χ0) is 15.6. The Bertz CT molecular complexity index is 665. The number of rotatable bonds is 3. The maximum Gasteiger partial charge on any atom is 0.249 e. The Labute approximate surface area is 130 Å². The van der Waals surface area contributed by atoms with Crippen LogP contribution in [0.5, 0.6) is 0 Å². The van der Waals surface area contributed by atoms with Crippen LogP contribution in [0.25, 0.3) is 6.08 Å². The standard InChI is InChI=1S/C15H18ClNO3S/c1-11(9-12-3-5-13(16)6-4-12)15(18)17(2)14-7-8-21(19,20)10-14/h3-6,9,14H,7-8,10H2,1-2H3/b11-9+. The van der Waals surface area contributed by atoms with Gasteiger partial charge >= 0.3 is 0 Å².